The Kier molecular flexibility index (Phi) is 5.87. The van der Waals surface area contributed by atoms with E-state index in [1.165, 1.54) is 48.9 Å². The van der Waals surface area contributed by atoms with Crippen molar-refractivity contribution in [2.45, 2.75) is 66.3 Å². The van der Waals surface area contributed by atoms with Crippen LogP contribution in [0.15, 0.2) is 18.2 Å². The van der Waals surface area contributed by atoms with Gasteiger partial charge < -0.3 is 5.32 Å². The Morgan fingerprint density at radius 3 is 2.52 bits per heavy atom. The predicted molar refractivity (Wildman–Crippen MR) is 92.8 cm³/mol. The lowest BCUT2D eigenvalue weighted by atomic mass is 9.72. The third kappa shape index (κ3) is 4.85. The maximum atomic E-state index is 3.67. The van der Waals surface area contributed by atoms with E-state index in [2.05, 4.69) is 58.1 Å². The molecule has 0 aliphatic heterocycles. The van der Waals surface area contributed by atoms with E-state index in [9.17, 15) is 0 Å². The van der Waals surface area contributed by atoms with Gasteiger partial charge in [-0.25, -0.2) is 0 Å². The van der Waals surface area contributed by atoms with E-state index in [1.54, 1.807) is 0 Å². The van der Waals surface area contributed by atoms with Crippen LogP contribution in [0, 0.1) is 31.6 Å². The second-order valence-corrected chi connectivity index (χ2v) is 7.62. The van der Waals surface area contributed by atoms with Gasteiger partial charge in [0.1, 0.15) is 0 Å². The second kappa shape index (κ2) is 7.45. The zero-order valence-corrected chi connectivity index (χ0v) is 14.6. The first-order valence-electron chi connectivity index (χ1n) is 8.75. The summed E-state index contributed by atoms with van der Waals surface area (Å²) in [7, 11) is 0. The lowest BCUT2D eigenvalue weighted by Gasteiger charge is -2.36. The van der Waals surface area contributed by atoms with Crippen molar-refractivity contribution in [3.05, 3.63) is 34.9 Å². The molecule has 0 radical (unpaired) electrons. The normalized spacial score (nSPS) is 26.3. The zero-order valence-electron chi connectivity index (χ0n) is 14.6. The van der Waals surface area contributed by atoms with Crippen molar-refractivity contribution in [2.75, 3.05) is 6.54 Å². The van der Waals surface area contributed by atoms with Gasteiger partial charge in [0.25, 0.3) is 0 Å². The monoisotopic (exact) mass is 287 g/mol. The molecule has 0 aromatic heterocycles. The Morgan fingerprint density at radius 1 is 1.10 bits per heavy atom. The van der Waals surface area contributed by atoms with Crippen LogP contribution in [0.1, 0.15) is 56.7 Å². The minimum Gasteiger partial charge on any atom is -0.314 e. The number of rotatable bonds is 5. The fourth-order valence-corrected chi connectivity index (χ4v) is 3.70. The van der Waals surface area contributed by atoms with Gasteiger partial charge in [0.2, 0.25) is 0 Å². The molecule has 1 aliphatic rings. The molecular formula is C20H33N. The Balaban J connectivity index is 2.03. The summed E-state index contributed by atoms with van der Waals surface area (Å²) in [6.45, 7) is 12.6. The number of hydrogen-bond donors (Lipinski definition) is 1. The molecule has 118 valence electrons. The highest BCUT2D eigenvalue weighted by Gasteiger charge is 2.28. The molecule has 1 saturated carbocycles. The van der Waals surface area contributed by atoms with Crippen LogP contribution in [0.4, 0.5) is 0 Å². The highest BCUT2D eigenvalue weighted by Crippen LogP contribution is 2.35. The van der Waals surface area contributed by atoms with Gasteiger partial charge >= 0.3 is 0 Å². The summed E-state index contributed by atoms with van der Waals surface area (Å²) in [6, 6.07) is 7.64. The van der Waals surface area contributed by atoms with Gasteiger partial charge in [-0.15, -0.1) is 0 Å². The minimum absolute atomic E-state index is 0.603. The number of nitrogens with one attached hydrogen (secondary N) is 1. The largest absolute Gasteiger partial charge is 0.314 e. The van der Waals surface area contributed by atoms with Crippen LogP contribution in [0.5, 0.6) is 0 Å². The molecule has 1 aromatic rings. The molecule has 21 heavy (non-hydrogen) atoms. The lowest BCUT2D eigenvalue weighted by molar-refractivity contribution is 0.181. The van der Waals surface area contributed by atoms with Gasteiger partial charge in [-0.1, -0.05) is 45.4 Å². The van der Waals surface area contributed by atoms with E-state index in [4.69, 9.17) is 0 Å². The summed E-state index contributed by atoms with van der Waals surface area (Å²) >= 11 is 0. The highest BCUT2D eigenvalue weighted by atomic mass is 14.9. The molecule has 0 spiro atoms. The van der Waals surface area contributed by atoms with Gasteiger partial charge in [0.05, 0.1) is 0 Å². The molecule has 2 rings (SSSR count). The van der Waals surface area contributed by atoms with Crippen molar-refractivity contribution >= 4 is 0 Å². The molecule has 3 unspecified atom stereocenters. The average Bonchev–Trinajstić information content (AvgIpc) is 2.42. The van der Waals surface area contributed by atoms with Crippen LogP contribution in [-0.4, -0.2) is 12.6 Å². The van der Waals surface area contributed by atoms with Crippen LogP contribution in [0.2, 0.25) is 0 Å². The highest BCUT2D eigenvalue weighted by molar-refractivity contribution is 5.30. The molecular weight excluding hydrogens is 254 g/mol. The summed E-state index contributed by atoms with van der Waals surface area (Å²) in [6.07, 6.45) is 5.47. The van der Waals surface area contributed by atoms with Crippen LogP contribution < -0.4 is 5.32 Å². The van der Waals surface area contributed by atoms with E-state index < -0.39 is 0 Å². The molecule has 0 amide bonds. The van der Waals surface area contributed by atoms with Crippen LogP contribution in [-0.2, 0) is 6.42 Å². The third-order valence-corrected chi connectivity index (χ3v) is 5.26. The molecule has 0 bridgehead atoms. The molecule has 0 saturated heterocycles. The lowest BCUT2D eigenvalue weighted by Crippen LogP contribution is -2.36. The van der Waals surface area contributed by atoms with Gasteiger partial charge in [0.15, 0.2) is 0 Å². The van der Waals surface area contributed by atoms with Crippen molar-refractivity contribution in [3.63, 3.8) is 0 Å². The Bertz CT molecular complexity index is 449. The fourth-order valence-electron chi connectivity index (χ4n) is 3.70. The van der Waals surface area contributed by atoms with Gasteiger partial charge in [-0.3, -0.25) is 0 Å². The maximum Gasteiger partial charge on any atom is 0.00104 e. The quantitative estimate of drug-likeness (QED) is 0.812. The third-order valence-electron chi connectivity index (χ3n) is 5.26. The zero-order chi connectivity index (χ0) is 15.4. The first-order valence-corrected chi connectivity index (χ1v) is 8.75. The van der Waals surface area contributed by atoms with Gasteiger partial charge in [0, 0.05) is 6.04 Å². The van der Waals surface area contributed by atoms with Crippen molar-refractivity contribution in [2.24, 2.45) is 17.8 Å². The van der Waals surface area contributed by atoms with Crippen LogP contribution in [0.25, 0.3) is 0 Å². The topological polar surface area (TPSA) is 12.0 Å². The summed E-state index contributed by atoms with van der Waals surface area (Å²) in [5, 5.41) is 3.67. The van der Waals surface area contributed by atoms with Crippen molar-refractivity contribution in [3.8, 4) is 0 Å². The number of aryl methyl sites for hydroxylation is 2. The number of hydrogen-bond acceptors (Lipinski definition) is 1. The molecule has 3 atom stereocenters. The average molecular weight is 287 g/mol. The molecule has 1 N–H and O–H groups in total. The summed E-state index contributed by atoms with van der Waals surface area (Å²) in [5.41, 5.74) is 4.38. The molecule has 1 nitrogen and oxygen atoms in total. The Labute approximate surface area is 131 Å². The summed E-state index contributed by atoms with van der Waals surface area (Å²) in [4.78, 5) is 0. The van der Waals surface area contributed by atoms with Gasteiger partial charge in [-0.05, 0) is 74.1 Å². The molecule has 1 aromatic carbocycles. The van der Waals surface area contributed by atoms with Crippen molar-refractivity contribution in [1.29, 1.82) is 0 Å². The first-order chi connectivity index (χ1) is 9.95. The maximum absolute atomic E-state index is 3.67. The van der Waals surface area contributed by atoms with E-state index in [0.717, 1.165) is 17.8 Å². The van der Waals surface area contributed by atoms with Crippen molar-refractivity contribution in [1.82, 2.24) is 5.32 Å². The Morgan fingerprint density at radius 2 is 1.86 bits per heavy atom. The summed E-state index contributed by atoms with van der Waals surface area (Å²) in [5.74, 6) is 2.60. The van der Waals surface area contributed by atoms with Gasteiger partial charge in [-0.2, -0.15) is 0 Å². The molecule has 1 fully saturated rings. The minimum atomic E-state index is 0.603. The number of benzene rings is 1. The smallest absolute Gasteiger partial charge is 0.00104 e. The first kappa shape index (κ1) is 16.5. The summed E-state index contributed by atoms with van der Waals surface area (Å²) < 4.78 is 0. The van der Waals surface area contributed by atoms with E-state index >= 15 is 0 Å². The Hall–Kier alpha value is -0.820. The van der Waals surface area contributed by atoms with E-state index in [-0.39, 0.29) is 0 Å². The van der Waals surface area contributed by atoms with E-state index in [0.29, 0.717) is 6.04 Å². The predicted octanol–water partition coefficient (Wildman–Crippen LogP) is 4.90. The van der Waals surface area contributed by atoms with Crippen LogP contribution >= 0.6 is 0 Å². The van der Waals surface area contributed by atoms with Crippen molar-refractivity contribution < 1.29 is 0 Å². The van der Waals surface area contributed by atoms with Crippen LogP contribution in [0.3, 0.4) is 0 Å². The SMILES string of the molecule is Cc1ccc(CC2CC(C)CCC2CNC(C)C)cc1C. The molecule has 0 heterocycles. The molecule has 1 heteroatoms. The second-order valence-electron chi connectivity index (χ2n) is 7.62. The van der Waals surface area contributed by atoms with E-state index in [1.807, 2.05) is 0 Å². The standard InChI is InChI=1S/C20H33N/c1-14(2)21-13-19-9-6-15(3)10-20(19)12-18-8-7-16(4)17(5)11-18/h7-8,11,14-15,19-21H,6,9-10,12-13H2,1-5H3. The fraction of sp³-hybridized carbons (Fsp3) is 0.700. The molecule has 1 aliphatic carbocycles.